The topological polar surface area (TPSA) is 38.4 Å². The summed E-state index contributed by atoms with van der Waals surface area (Å²) in [7, 11) is 0. The van der Waals surface area contributed by atoms with Crippen LogP contribution >= 0.6 is 0 Å². The minimum atomic E-state index is 0.605. The van der Waals surface area contributed by atoms with Crippen LogP contribution in [0.15, 0.2) is 46.9 Å². The third-order valence-corrected chi connectivity index (χ3v) is 1.19. The molecule has 0 atom stereocenters. The van der Waals surface area contributed by atoms with Gasteiger partial charge in [0.15, 0.2) is 12.2 Å². The largest absolute Gasteiger partial charge is 0.442 e. The maximum absolute atomic E-state index is 5.03. The third kappa shape index (κ3) is 1.92. The van der Waals surface area contributed by atoms with Crippen molar-refractivity contribution >= 4 is 5.71 Å². The summed E-state index contributed by atoms with van der Waals surface area (Å²) in [5.41, 5.74) is 1.36. The number of rotatable bonds is 3. The lowest BCUT2D eigenvalue weighted by molar-refractivity contribution is 0.549. The van der Waals surface area contributed by atoms with E-state index in [1.54, 1.807) is 19.2 Å². The van der Waals surface area contributed by atoms with Gasteiger partial charge in [-0.2, -0.15) is 0 Å². The molecule has 0 bridgehead atoms. The molecule has 0 saturated heterocycles. The van der Waals surface area contributed by atoms with Crippen LogP contribution in [-0.2, 0) is 0 Å². The maximum Gasteiger partial charge on any atom is 0.181 e. The Bertz CT molecular complexity index is 309. The van der Waals surface area contributed by atoms with Gasteiger partial charge in [0.05, 0.1) is 6.20 Å². The van der Waals surface area contributed by atoms with Gasteiger partial charge in [-0.25, -0.2) is 4.98 Å². The molecular formula is C9H10N2O. The van der Waals surface area contributed by atoms with Crippen molar-refractivity contribution in [2.45, 2.75) is 6.92 Å². The summed E-state index contributed by atoms with van der Waals surface area (Å²) >= 11 is 0. The lowest BCUT2D eigenvalue weighted by Crippen LogP contribution is -1.93. The van der Waals surface area contributed by atoms with Gasteiger partial charge in [0, 0.05) is 5.70 Å². The monoisotopic (exact) mass is 162 g/mol. The van der Waals surface area contributed by atoms with E-state index in [0.29, 0.717) is 17.2 Å². The molecule has 1 heterocycles. The Morgan fingerprint density at radius 2 is 2.50 bits per heavy atom. The van der Waals surface area contributed by atoms with Crippen LogP contribution in [0, 0.1) is 0 Å². The summed E-state index contributed by atoms with van der Waals surface area (Å²) in [6.45, 7) is 9.07. The van der Waals surface area contributed by atoms with Crippen LogP contribution in [0.1, 0.15) is 12.7 Å². The average Bonchev–Trinajstić information content (AvgIpc) is 2.51. The molecule has 0 aliphatic carbocycles. The van der Waals surface area contributed by atoms with E-state index in [1.165, 1.54) is 6.39 Å². The van der Waals surface area contributed by atoms with E-state index in [2.05, 4.69) is 23.1 Å². The summed E-state index contributed by atoms with van der Waals surface area (Å²) in [5, 5.41) is 0. The fourth-order valence-corrected chi connectivity index (χ4v) is 0.749. The van der Waals surface area contributed by atoms with Crippen molar-refractivity contribution in [3.8, 4) is 0 Å². The summed E-state index contributed by atoms with van der Waals surface area (Å²) in [4.78, 5) is 7.88. The molecule has 1 aromatic rings. The van der Waals surface area contributed by atoms with E-state index < -0.39 is 0 Å². The van der Waals surface area contributed by atoms with Crippen LogP contribution in [0.3, 0.4) is 0 Å². The number of hydrogen-bond acceptors (Lipinski definition) is 3. The number of hydrogen-bond donors (Lipinski definition) is 0. The molecule has 1 rings (SSSR count). The molecule has 0 amide bonds. The highest BCUT2D eigenvalue weighted by atomic mass is 16.3. The predicted molar refractivity (Wildman–Crippen MR) is 48.1 cm³/mol. The zero-order valence-corrected chi connectivity index (χ0v) is 6.95. The van der Waals surface area contributed by atoms with Gasteiger partial charge in [0.2, 0.25) is 0 Å². The summed E-state index contributed by atoms with van der Waals surface area (Å²) in [6, 6.07) is 0. The fraction of sp³-hybridized carbons (Fsp3) is 0.111. The first kappa shape index (κ1) is 8.46. The molecule has 62 valence electrons. The maximum atomic E-state index is 5.03. The lowest BCUT2D eigenvalue weighted by Gasteiger charge is -1.94. The van der Waals surface area contributed by atoms with E-state index in [1.807, 2.05) is 0 Å². The quantitative estimate of drug-likeness (QED) is 0.639. The standard InChI is InChI=1S/C9H10N2O/c1-4-8(11-7(2)3)9-5-10-6-12-9/h4-6H,1-2H2,3H3. The van der Waals surface area contributed by atoms with Crippen LogP contribution < -0.4 is 0 Å². The van der Waals surface area contributed by atoms with Crippen LogP contribution in [0.4, 0.5) is 0 Å². The Balaban J connectivity index is 2.98. The van der Waals surface area contributed by atoms with Crippen LogP contribution in [0.25, 0.3) is 0 Å². The molecule has 3 nitrogen and oxygen atoms in total. The minimum Gasteiger partial charge on any atom is -0.442 e. The predicted octanol–water partition coefficient (Wildman–Crippen LogP) is 2.18. The number of aliphatic imine (C=N–C) groups is 1. The molecule has 0 spiro atoms. The highest BCUT2D eigenvalue weighted by Crippen LogP contribution is 2.03. The van der Waals surface area contributed by atoms with E-state index in [-0.39, 0.29) is 0 Å². The van der Waals surface area contributed by atoms with Gasteiger partial charge in [-0.05, 0) is 13.0 Å². The molecule has 0 fully saturated rings. The molecule has 0 radical (unpaired) electrons. The number of oxazole rings is 1. The van der Waals surface area contributed by atoms with E-state index in [9.17, 15) is 0 Å². The second kappa shape index (κ2) is 3.67. The lowest BCUT2D eigenvalue weighted by atomic mass is 10.3. The fourth-order valence-electron chi connectivity index (χ4n) is 0.749. The molecular weight excluding hydrogens is 152 g/mol. The summed E-state index contributed by atoms with van der Waals surface area (Å²) in [5.74, 6) is 0.605. The molecule has 0 saturated carbocycles. The van der Waals surface area contributed by atoms with Crippen molar-refractivity contribution in [1.29, 1.82) is 0 Å². The Labute approximate surface area is 71.2 Å². The molecule has 3 heteroatoms. The number of aromatic nitrogens is 1. The SMILES string of the molecule is C=CC(=NC(=C)C)c1cnco1. The average molecular weight is 162 g/mol. The van der Waals surface area contributed by atoms with Crippen molar-refractivity contribution in [2.75, 3.05) is 0 Å². The van der Waals surface area contributed by atoms with Crippen LogP contribution in [0.5, 0.6) is 0 Å². The van der Waals surface area contributed by atoms with Crippen LogP contribution in [0.2, 0.25) is 0 Å². The van der Waals surface area contributed by atoms with Crippen molar-refractivity contribution in [3.05, 3.63) is 43.3 Å². The Hall–Kier alpha value is -1.64. The first-order valence-corrected chi connectivity index (χ1v) is 3.49. The first-order valence-electron chi connectivity index (χ1n) is 3.49. The van der Waals surface area contributed by atoms with Crippen molar-refractivity contribution < 1.29 is 4.42 Å². The van der Waals surface area contributed by atoms with Gasteiger partial charge >= 0.3 is 0 Å². The number of nitrogens with zero attached hydrogens (tertiary/aromatic N) is 2. The second-order valence-electron chi connectivity index (χ2n) is 2.30. The van der Waals surface area contributed by atoms with Gasteiger partial charge in [-0.3, -0.25) is 4.99 Å². The van der Waals surface area contributed by atoms with Crippen molar-refractivity contribution in [3.63, 3.8) is 0 Å². The van der Waals surface area contributed by atoms with Gasteiger partial charge in [-0.15, -0.1) is 0 Å². The van der Waals surface area contributed by atoms with Crippen molar-refractivity contribution in [1.82, 2.24) is 4.98 Å². The number of allylic oxidation sites excluding steroid dienone is 2. The molecule has 0 unspecified atom stereocenters. The van der Waals surface area contributed by atoms with Gasteiger partial charge in [0.25, 0.3) is 0 Å². The first-order chi connectivity index (χ1) is 5.74. The molecule has 0 aliphatic heterocycles. The zero-order chi connectivity index (χ0) is 8.97. The second-order valence-corrected chi connectivity index (χ2v) is 2.30. The van der Waals surface area contributed by atoms with Gasteiger partial charge in [0.1, 0.15) is 5.71 Å². The molecule has 0 N–H and O–H groups in total. The molecule has 0 aromatic carbocycles. The van der Waals surface area contributed by atoms with Crippen LogP contribution in [-0.4, -0.2) is 10.7 Å². The zero-order valence-electron chi connectivity index (χ0n) is 6.95. The van der Waals surface area contributed by atoms with Gasteiger partial charge in [-0.1, -0.05) is 13.2 Å². The molecule has 12 heavy (non-hydrogen) atoms. The van der Waals surface area contributed by atoms with E-state index in [0.717, 1.165) is 0 Å². The highest BCUT2D eigenvalue weighted by molar-refractivity contribution is 6.06. The Morgan fingerprint density at radius 1 is 1.75 bits per heavy atom. The highest BCUT2D eigenvalue weighted by Gasteiger charge is 2.01. The Morgan fingerprint density at radius 3 is 2.92 bits per heavy atom. The summed E-state index contributed by atoms with van der Waals surface area (Å²) in [6.07, 6.45) is 4.55. The third-order valence-electron chi connectivity index (χ3n) is 1.19. The summed E-state index contributed by atoms with van der Waals surface area (Å²) < 4.78 is 5.03. The van der Waals surface area contributed by atoms with Crippen molar-refractivity contribution in [2.24, 2.45) is 4.99 Å². The van der Waals surface area contributed by atoms with E-state index >= 15 is 0 Å². The smallest absolute Gasteiger partial charge is 0.181 e. The van der Waals surface area contributed by atoms with Gasteiger partial charge < -0.3 is 4.42 Å². The Kier molecular flexibility index (Phi) is 2.58. The van der Waals surface area contributed by atoms with E-state index in [4.69, 9.17) is 4.42 Å². The molecule has 0 aliphatic rings. The normalized spacial score (nSPS) is 11.2. The molecule has 1 aromatic heterocycles. The minimum absolute atomic E-state index is 0.605.